The number of hydrogen-bond acceptors (Lipinski definition) is 5. The van der Waals surface area contributed by atoms with Gasteiger partial charge >= 0.3 is 5.91 Å². The van der Waals surface area contributed by atoms with Crippen LogP contribution in [-0.4, -0.2) is 21.8 Å². The summed E-state index contributed by atoms with van der Waals surface area (Å²) in [5.41, 5.74) is 6.34. The first-order valence-corrected chi connectivity index (χ1v) is 11.9. The summed E-state index contributed by atoms with van der Waals surface area (Å²) in [6, 6.07) is 18.2. The first-order valence-electron chi connectivity index (χ1n) is 11.1. The maximum absolute atomic E-state index is 13.4. The van der Waals surface area contributed by atoms with Crippen molar-refractivity contribution in [2.75, 3.05) is 4.90 Å². The molecule has 4 aromatic rings. The summed E-state index contributed by atoms with van der Waals surface area (Å²) in [5.74, 6) is -1.58. The van der Waals surface area contributed by atoms with E-state index in [0.717, 1.165) is 38.0 Å². The topological polar surface area (TPSA) is 70.5 Å². The molecule has 1 fully saturated rings. The normalized spacial score (nSPS) is 17.6. The number of anilines is 1. The second kappa shape index (κ2) is 8.22. The first kappa shape index (κ1) is 22.0. The predicted molar refractivity (Wildman–Crippen MR) is 136 cm³/mol. The van der Waals surface area contributed by atoms with Gasteiger partial charge in [0.05, 0.1) is 21.8 Å². The third-order valence-corrected chi connectivity index (χ3v) is 7.19. The lowest BCUT2D eigenvalue weighted by Gasteiger charge is -2.23. The Balaban J connectivity index is 1.74. The van der Waals surface area contributed by atoms with E-state index < -0.39 is 17.7 Å². The second-order valence-electron chi connectivity index (χ2n) is 8.87. The van der Waals surface area contributed by atoms with E-state index in [-0.39, 0.29) is 11.3 Å². The summed E-state index contributed by atoms with van der Waals surface area (Å²) in [6.45, 7) is 7.94. The lowest BCUT2D eigenvalue weighted by Crippen LogP contribution is -2.29. The van der Waals surface area contributed by atoms with Gasteiger partial charge in [0.2, 0.25) is 0 Å². The van der Waals surface area contributed by atoms with Crippen molar-refractivity contribution in [2.24, 2.45) is 0 Å². The zero-order valence-corrected chi connectivity index (χ0v) is 20.2. The van der Waals surface area contributed by atoms with Crippen molar-refractivity contribution < 1.29 is 14.7 Å². The minimum Gasteiger partial charge on any atom is -0.507 e. The Morgan fingerprint density at radius 1 is 0.882 bits per heavy atom. The van der Waals surface area contributed by atoms with Crippen LogP contribution in [0.4, 0.5) is 5.13 Å². The Labute approximate surface area is 202 Å². The Hall–Kier alpha value is -3.77. The van der Waals surface area contributed by atoms with Crippen molar-refractivity contribution in [3.05, 3.63) is 99.6 Å². The highest BCUT2D eigenvalue weighted by atomic mass is 32.1. The van der Waals surface area contributed by atoms with E-state index in [2.05, 4.69) is 6.07 Å². The number of aliphatic hydroxyl groups is 1. The fourth-order valence-electron chi connectivity index (χ4n) is 4.42. The van der Waals surface area contributed by atoms with Crippen molar-refractivity contribution in [2.45, 2.75) is 33.7 Å². The van der Waals surface area contributed by atoms with Crippen molar-refractivity contribution in [3.8, 4) is 0 Å². The fourth-order valence-corrected chi connectivity index (χ4v) is 5.59. The van der Waals surface area contributed by atoms with Crippen molar-refractivity contribution in [1.82, 2.24) is 4.98 Å². The second-order valence-corrected chi connectivity index (χ2v) is 9.88. The molecule has 6 heteroatoms. The van der Waals surface area contributed by atoms with Gasteiger partial charge in [0.1, 0.15) is 5.76 Å². The largest absolute Gasteiger partial charge is 0.507 e. The number of aryl methyl sites for hydroxylation is 4. The molecule has 5 rings (SSSR count). The Morgan fingerprint density at radius 2 is 1.50 bits per heavy atom. The van der Waals surface area contributed by atoms with Crippen LogP contribution in [0.25, 0.3) is 16.0 Å². The molecule has 0 bridgehead atoms. The molecule has 2 heterocycles. The van der Waals surface area contributed by atoms with Crippen molar-refractivity contribution in [3.63, 3.8) is 0 Å². The van der Waals surface area contributed by atoms with E-state index in [0.29, 0.717) is 10.7 Å². The molecule has 1 unspecified atom stereocenters. The molecule has 0 radical (unpaired) electrons. The van der Waals surface area contributed by atoms with Crippen LogP contribution in [0.2, 0.25) is 0 Å². The molecule has 5 nitrogen and oxygen atoms in total. The molecular formula is C28H24N2O3S. The number of hydrogen-bond donors (Lipinski definition) is 1. The molecular weight excluding hydrogens is 444 g/mol. The first-order chi connectivity index (χ1) is 16.2. The van der Waals surface area contributed by atoms with Crippen LogP contribution in [0.15, 0.2) is 66.2 Å². The van der Waals surface area contributed by atoms with Gasteiger partial charge in [-0.2, -0.15) is 0 Å². The molecule has 0 spiro atoms. The monoisotopic (exact) mass is 468 g/mol. The summed E-state index contributed by atoms with van der Waals surface area (Å²) in [4.78, 5) is 32.9. The molecule has 1 aliphatic heterocycles. The van der Waals surface area contributed by atoms with E-state index >= 15 is 0 Å². The van der Waals surface area contributed by atoms with E-state index in [1.807, 2.05) is 70.2 Å². The van der Waals surface area contributed by atoms with Crippen LogP contribution in [0.5, 0.6) is 0 Å². The number of rotatable bonds is 3. The number of aromatic nitrogens is 1. The van der Waals surface area contributed by atoms with Gasteiger partial charge in [-0.1, -0.05) is 77.1 Å². The van der Waals surface area contributed by atoms with E-state index in [4.69, 9.17) is 4.98 Å². The van der Waals surface area contributed by atoms with Gasteiger partial charge in [-0.25, -0.2) is 4.98 Å². The number of aliphatic hydroxyl groups excluding tert-OH is 1. The molecule has 1 amide bonds. The van der Waals surface area contributed by atoms with Gasteiger partial charge in [0, 0.05) is 5.56 Å². The van der Waals surface area contributed by atoms with Gasteiger partial charge in [0.15, 0.2) is 5.13 Å². The lowest BCUT2D eigenvalue weighted by molar-refractivity contribution is -0.132. The Bertz CT molecular complexity index is 1480. The highest BCUT2D eigenvalue weighted by Crippen LogP contribution is 2.44. The molecule has 34 heavy (non-hydrogen) atoms. The number of Topliss-reactive ketones (excluding diaryl/α,β-unsaturated/α-hetero) is 1. The molecule has 170 valence electrons. The number of thiazole rings is 1. The van der Waals surface area contributed by atoms with Gasteiger partial charge in [0.25, 0.3) is 5.78 Å². The van der Waals surface area contributed by atoms with Gasteiger partial charge in [-0.05, 0) is 50.5 Å². The highest BCUT2D eigenvalue weighted by Gasteiger charge is 2.48. The van der Waals surface area contributed by atoms with Crippen LogP contribution in [-0.2, 0) is 9.59 Å². The van der Waals surface area contributed by atoms with Crippen LogP contribution in [0.3, 0.4) is 0 Å². The number of ketones is 1. The maximum Gasteiger partial charge on any atom is 0.301 e. The number of nitrogens with zero attached hydrogens (tertiary/aromatic N) is 2. The summed E-state index contributed by atoms with van der Waals surface area (Å²) in [6.07, 6.45) is 0. The Morgan fingerprint density at radius 3 is 2.15 bits per heavy atom. The standard InChI is InChI=1S/C28H24N2O3S/c1-15-5-9-19(10-6-15)24-22(25(31)20-11-7-16(2)8-12-20)26(32)27(33)30(24)28-29-23-18(4)13-17(3)14-21(23)34-28/h5-14,24,31H,1-4H3. The van der Waals surface area contributed by atoms with Crippen LogP contribution in [0, 0.1) is 27.7 Å². The van der Waals surface area contributed by atoms with Gasteiger partial charge in [-0.3, -0.25) is 14.5 Å². The maximum atomic E-state index is 13.4. The third kappa shape index (κ3) is 3.60. The summed E-state index contributed by atoms with van der Waals surface area (Å²) < 4.78 is 0.954. The van der Waals surface area contributed by atoms with Gasteiger partial charge < -0.3 is 5.11 Å². The van der Waals surface area contributed by atoms with E-state index in [1.165, 1.54) is 16.2 Å². The average Bonchev–Trinajstić information content (AvgIpc) is 3.33. The molecule has 0 saturated carbocycles. The van der Waals surface area contributed by atoms with Crippen molar-refractivity contribution in [1.29, 1.82) is 0 Å². The average molecular weight is 469 g/mol. The number of carbonyl (C=O) groups is 2. The molecule has 1 N–H and O–H groups in total. The zero-order valence-electron chi connectivity index (χ0n) is 19.4. The minimum atomic E-state index is -0.774. The fraction of sp³-hybridized carbons (Fsp3) is 0.179. The predicted octanol–water partition coefficient (Wildman–Crippen LogP) is 6.16. The van der Waals surface area contributed by atoms with E-state index in [9.17, 15) is 14.7 Å². The molecule has 1 atom stereocenters. The van der Waals surface area contributed by atoms with Crippen LogP contribution >= 0.6 is 11.3 Å². The number of fused-ring (bicyclic) bond motifs is 1. The van der Waals surface area contributed by atoms with Crippen LogP contribution < -0.4 is 4.90 Å². The SMILES string of the molecule is Cc1ccc(C(O)=C2C(=O)C(=O)N(c3nc4c(C)cc(C)cc4s3)C2c2ccc(C)cc2)cc1. The third-order valence-electron chi connectivity index (χ3n) is 6.19. The van der Waals surface area contributed by atoms with Crippen LogP contribution in [0.1, 0.15) is 39.4 Å². The highest BCUT2D eigenvalue weighted by molar-refractivity contribution is 7.22. The van der Waals surface area contributed by atoms with Crippen molar-refractivity contribution >= 4 is 44.1 Å². The molecule has 3 aromatic carbocycles. The summed E-state index contributed by atoms with van der Waals surface area (Å²) in [7, 11) is 0. The molecule has 1 aliphatic rings. The van der Waals surface area contributed by atoms with Gasteiger partial charge in [-0.15, -0.1) is 0 Å². The van der Waals surface area contributed by atoms with E-state index in [1.54, 1.807) is 12.1 Å². The smallest absolute Gasteiger partial charge is 0.301 e. The summed E-state index contributed by atoms with van der Waals surface area (Å²) in [5, 5.41) is 11.7. The molecule has 1 saturated heterocycles. The minimum absolute atomic E-state index is 0.0739. The quantitative estimate of drug-likeness (QED) is 0.222. The Kier molecular flexibility index (Phi) is 5.33. The number of carbonyl (C=O) groups excluding carboxylic acids is 2. The number of amides is 1. The summed E-state index contributed by atoms with van der Waals surface area (Å²) >= 11 is 1.38. The molecule has 1 aromatic heterocycles. The lowest BCUT2D eigenvalue weighted by atomic mass is 9.94. The number of benzene rings is 3. The molecule has 0 aliphatic carbocycles. The zero-order chi connectivity index (χ0) is 24.1.